The van der Waals surface area contributed by atoms with E-state index < -0.39 is 12.0 Å². The summed E-state index contributed by atoms with van der Waals surface area (Å²) in [5, 5.41) is 0. The van der Waals surface area contributed by atoms with Gasteiger partial charge in [0.2, 0.25) is 5.91 Å². The second-order valence-corrected chi connectivity index (χ2v) is 6.78. The molecule has 0 unspecified atom stereocenters. The van der Waals surface area contributed by atoms with E-state index in [-0.39, 0.29) is 5.78 Å². The normalized spacial score (nSPS) is 13.7. The third kappa shape index (κ3) is 3.82. The minimum Gasteiger partial charge on any atom is -0.495 e. The van der Waals surface area contributed by atoms with Crippen molar-refractivity contribution in [1.29, 1.82) is 0 Å². The van der Waals surface area contributed by atoms with Crippen LogP contribution in [0.2, 0.25) is 0 Å². The lowest BCUT2D eigenvalue weighted by molar-refractivity contribution is 0.0932. The van der Waals surface area contributed by atoms with Crippen LogP contribution >= 0.6 is 0 Å². The molecule has 0 aliphatic carbocycles. The number of benzene rings is 2. The average Bonchev–Trinajstić information content (AvgIpc) is 2.77. The topological polar surface area (TPSA) is 101 Å². The van der Waals surface area contributed by atoms with Gasteiger partial charge in [-0.2, -0.15) is 0 Å². The number of aromatic nitrogens is 1. The van der Waals surface area contributed by atoms with Gasteiger partial charge in [0.15, 0.2) is 11.9 Å². The van der Waals surface area contributed by atoms with Gasteiger partial charge in [-0.15, -0.1) is 0 Å². The lowest BCUT2D eigenvalue weighted by Crippen LogP contribution is -2.16. The Bertz CT molecular complexity index is 1100. The van der Waals surface area contributed by atoms with Crippen molar-refractivity contribution in [3.05, 3.63) is 83.2 Å². The first-order chi connectivity index (χ1) is 14.6. The maximum atomic E-state index is 12.1. The molecule has 3 aromatic rings. The van der Waals surface area contributed by atoms with Gasteiger partial charge < -0.3 is 19.9 Å². The SMILES string of the molecule is COc1cnccc1[C@H](Oc1ccc2c(c1)OCCC2=O)c1ccc(C(N)=O)cc1. The van der Waals surface area contributed by atoms with Crippen molar-refractivity contribution in [2.24, 2.45) is 5.73 Å². The van der Waals surface area contributed by atoms with Crippen LogP contribution in [0.1, 0.15) is 44.4 Å². The first-order valence-electron chi connectivity index (χ1n) is 9.41. The molecule has 1 amide bonds. The van der Waals surface area contributed by atoms with Crippen molar-refractivity contribution < 1.29 is 23.8 Å². The third-order valence-electron chi connectivity index (χ3n) is 4.91. The van der Waals surface area contributed by atoms with E-state index in [4.69, 9.17) is 19.9 Å². The van der Waals surface area contributed by atoms with Crippen LogP contribution in [0.5, 0.6) is 17.2 Å². The molecule has 0 fully saturated rings. The van der Waals surface area contributed by atoms with Crippen LogP contribution in [0, 0.1) is 0 Å². The molecule has 0 spiro atoms. The summed E-state index contributed by atoms with van der Waals surface area (Å²) in [7, 11) is 1.56. The number of ketones is 1. The highest BCUT2D eigenvalue weighted by Crippen LogP contribution is 2.36. The number of hydrogen-bond donors (Lipinski definition) is 1. The summed E-state index contributed by atoms with van der Waals surface area (Å²) in [5.74, 6) is 1.15. The van der Waals surface area contributed by atoms with Crippen LogP contribution in [0.3, 0.4) is 0 Å². The number of ether oxygens (including phenoxy) is 3. The molecule has 7 nitrogen and oxygen atoms in total. The van der Waals surface area contributed by atoms with Gasteiger partial charge in [0.05, 0.1) is 25.5 Å². The number of hydrogen-bond acceptors (Lipinski definition) is 6. The largest absolute Gasteiger partial charge is 0.495 e. The molecule has 2 N–H and O–H groups in total. The van der Waals surface area contributed by atoms with Crippen LogP contribution in [0.25, 0.3) is 0 Å². The van der Waals surface area contributed by atoms with Crippen molar-refractivity contribution in [2.75, 3.05) is 13.7 Å². The maximum absolute atomic E-state index is 12.1. The molecule has 4 rings (SSSR count). The Hall–Kier alpha value is -3.87. The minimum atomic E-state index is -0.554. The quantitative estimate of drug-likeness (QED) is 0.676. The summed E-state index contributed by atoms with van der Waals surface area (Å²) in [6.45, 7) is 0.353. The molecule has 30 heavy (non-hydrogen) atoms. The summed E-state index contributed by atoms with van der Waals surface area (Å²) < 4.78 is 17.4. The monoisotopic (exact) mass is 404 g/mol. The molecular formula is C23H20N2O5. The van der Waals surface area contributed by atoms with Gasteiger partial charge in [0.25, 0.3) is 0 Å². The molecule has 2 aromatic carbocycles. The zero-order valence-corrected chi connectivity index (χ0v) is 16.3. The van der Waals surface area contributed by atoms with E-state index in [1.54, 1.807) is 62.0 Å². The zero-order chi connectivity index (χ0) is 21.1. The fourth-order valence-corrected chi connectivity index (χ4v) is 3.36. The summed E-state index contributed by atoms with van der Waals surface area (Å²) in [4.78, 5) is 27.6. The standard InChI is InChI=1S/C23H20N2O5/c1-28-21-13-25-10-8-18(21)22(14-2-4-15(5-3-14)23(24)27)30-16-6-7-17-19(26)9-11-29-20(17)12-16/h2-8,10,12-13,22H,9,11H2,1H3,(H2,24,27)/t22-/m1/s1. The summed E-state index contributed by atoms with van der Waals surface area (Å²) in [6, 6.07) is 13.8. The van der Waals surface area contributed by atoms with Gasteiger partial charge >= 0.3 is 0 Å². The number of pyridine rings is 1. The van der Waals surface area contributed by atoms with Crippen LogP contribution in [-0.4, -0.2) is 30.4 Å². The second kappa shape index (κ2) is 8.24. The Morgan fingerprint density at radius 3 is 2.70 bits per heavy atom. The predicted molar refractivity (Wildman–Crippen MR) is 109 cm³/mol. The average molecular weight is 404 g/mol. The number of carbonyl (C=O) groups excluding carboxylic acids is 2. The number of fused-ring (bicyclic) bond motifs is 1. The van der Waals surface area contributed by atoms with Crippen molar-refractivity contribution >= 4 is 11.7 Å². The molecule has 0 bridgehead atoms. The van der Waals surface area contributed by atoms with E-state index in [1.807, 2.05) is 6.07 Å². The van der Waals surface area contributed by atoms with E-state index in [1.165, 1.54) is 0 Å². The highest BCUT2D eigenvalue weighted by Gasteiger charge is 2.23. The van der Waals surface area contributed by atoms with Crippen molar-refractivity contribution in [3.8, 4) is 17.2 Å². The van der Waals surface area contributed by atoms with Crippen LogP contribution in [0.15, 0.2) is 60.9 Å². The van der Waals surface area contributed by atoms with Gasteiger partial charge in [-0.3, -0.25) is 14.6 Å². The number of methoxy groups -OCH3 is 1. The summed E-state index contributed by atoms with van der Waals surface area (Å²) in [6.07, 6.45) is 3.08. The number of amides is 1. The fraction of sp³-hybridized carbons (Fsp3) is 0.174. The molecule has 0 saturated carbocycles. The van der Waals surface area contributed by atoms with E-state index in [9.17, 15) is 9.59 Å². The fourth-order valence-electron chi connectivity index (χ4n) is 3.36. The van der Waals surface area contributed by atoms with Crippen molar-refractivity contribution in [3.63, 3.8) is 0 Å². The Morgan fingerprint density at radius 1 is 1.17 bits per heavy atom. The highest BCUT2D eigenvalue weighted by molar-refractivity contribution is 5.99. The van der Waals surface area contributed by atoms with E-state index in [0.717, 1.165) is 11.1 Å². The van der Waals surface area contributed by atoms with E-state index in [2.05, 4.69) is 4.98 Å². The Labute approximate surface area is 173 Å². The molecule has 1 aliphatic rings. The molecule has 0 saturated heterocycles. The van der Waals surface area contributed by atoms with Gasteiger partial charge in [-0.25, -0.2) is 0 Å². The number of nitrogens with zero attached hydrogens (tertiary/aromatic N) is 1. The van der Waals surface area contributed by atoms with E-state index in [0.29, 0.717) is 41.4 Å². The second-order valence-electron chi connectivity index (χ2n) is 6.78. The molecular weight excluding hydrogens is 384 g/mol. The predicted octanol–water partition coefficient (Wildman–Crippen LogP) is 3.32. The number of primary amides is 1. The molecule has 1 aromatic heterocycles. The Balaban J connectivity index is 1.74. The smallest absolute Gasteiger partial charge is 0.248 e. The number of rotatable bonds is 6. The van der Waals surface area contributed by atoms with Crippen molar-refractivity contribution in [1.82, 2.24) is 4.98 Å². The van der Waals surface area contributed by atoms with Gasteiger partial charge in [-0.1, -0.05) is 12.1 Å². The zero-order valence-electron chi connectivity index (χ0n) is 16.3. The van der Waals surface area contributed by atoms with Gasteiger partial charge in [-0.05, 0) is 35.9 Å². The lowest BCUT2D eigenvalue weighted by Gasteiger charge is -2.23. The highest BCUT2D eigenvalue weighted by atomic mass is 16.5. The Morgan fingerprint density at radius 2 is 1.97 bits per heavy atom. The lowest BCUT2D eigenvalue weighted by atomic mass is 9.99. The van der Waals surface area contributed by atoms with Crippen LogP contribution in [0.4, 0.5) is 0 Å². The molecule has 1 aliphatic heterocycles. The number of nitrogens with two attached hydrogens (primary N) is 1. The molecule has 7 heteroatoms. The number of carbonyl (C=O) groups is 2. The minimum absolute atomic E-state index is 0.0530. The van der Waals surface area contributed by atoms with E-state index >= 15 is 0 Å². The van der Waals surface area contributed by atoms with Crippen LogP contribution < -0.4 is 19.9 Å². The number of Topliss-reactive ketones (excluding diaryl/α,β-unsaturated/α-hetero) is 1. The van der Waals surface area contributed by atoms with Crippen molar-refractivity contribution in [2.45, 2.75) is 12.5 Å². The Kier molecular flexibility index (Phi) is 5.34. The molecule has 152 valence electrons. The first-order valence-corrected chi connectivity index (χ1v) is 9.41. The molecule has 2 heterocycles. The molecule has 1 atom stereocenters. The maximum Gasteiger partial charge on any atom is 0.248 e. The first kappa shape index (κ1) is 19.4. The summed E-state index contributed by atoms with van der Waals surface area (Å²) in [5.41, 5.74) is 7.86. The van der Waals surface area contributed by atoms with Crippen LogP contribution in [-0.2, 0) is 0 Å². The third-order valence-corrected chi connectivity index (χ3v) is 4.91. The van der Waals surface area contributed by atoms with Gasteiger partial charge in [0.1, 0.15) is 17.2 Å². The van der Waals surface area contributed by atoms with Gasteiger partial charge in [0, 0.05) is 29.8 Å². The summed E-state index contributed by atoms with van der Waals surface area (Å²) >= 11 is 0. The molecule has 0 radical (unpaired) electrons.